The number of anilines is 3. The number of ketones is 1. The van der Waals surface area contributed by atoms with E-state index in [1.807, 2.05) is 0 Å². The molecule has 0 saturated carbocycles. The lowest BCUT2D eigenvalue weighted by Gasteiger charge is -2.20. The fraction of sp³-hybridized carbons (Fsp3) is 0.154. The van der Waals surface area contributed by atoms with Gasteiger partial charge in [-0.2, -0.15) is 18.3 Å². The molecular formula is C26H20F4N6O3. The SMILES string of the molecule is O=C1CCN(c2cc(NC(=O)Nc3cc(Oc4cccc(-c5cn[nH]c5)n4)ccc3F)cc(C(F)(F)F)c2)C1. The van der Waals surface area contributed by atoms with Gasteiger partial charge in [0.1, 0.15) is 11.6 Å². The molecule has 13 heteroatoms. The third-order valence-electron chi connectivity index (χ3n) is 5.82. The molecule has 0 spiro atoms. The van der Waals surface area contributed by atoms with E-state index >= 15 is 0 Å². The number of urea groups is 1. The Labute approximate surface area is 218 Å². The van der Waals surface area contributed by atoms with Crippen molar-refractivity contribution in [2.24, 2.45) is 0 Å². The molecule has 5 rings (SSSR count). The number of H-pyrrole nitrogens is 1. The Morgan fingerprint density at radius 1 is 1.08 bits per heavy atom. The van der Waals surface area contributed by atoms with E-state index in [-0.39, 0.29) is 54.0 Å². The second kappa shape index (κ2) is 10.4. The molecule has 0 radical (unpaired) electrons. The van der Waals surface area contributed by atoms with Crippen LogP contribution in [0.1, 0.15) is 12.0 Å². The minimum absolute atomic E-state index is 0.0230. The summed E-state index contributed by atoms with van der Waals surface area (Å²) in [5.41, 5.74) is 0.00432. The van der Waals surface area contributed by atoms with Crippen molar-refractivity contribution in [3.63, 3.8) is 0 Å². The fourth-order valence-corrected chi connectivity index (χ4v) is 3.97. The molecule has 2 amide bonds. The van der Waals surface area contributed by atoms with Gasteiger partial charge in [-0.25, -0.2) is 14.2 Å². The minimum atomic E-state index is -4.69. The first kappa shape index (κ1) is 25.7. The highest BCUT2D eigenvalue weighted by Gasteiger charge is 2.32. The molecule has 1 saturated heterocycles. The van der Waals surface area contributed by atoms with Crippen LogP contribution < -0.4 is 20.3 Å². The summed E-state index contributed by atoms with van der Waals surface area (Å²) in [6.07, 6.45) is -1.22. The van der Waals surface area contributed by atoms with Gasteiger partial charge in [-0.3, -0.25) is 9.89 Å². The first-order valence-corrected chi connectivity index (χ1v) is 11.6. The average Bonchev–Trinajstić information content (AvgIpc) is 3.58. The van der Waals surface area contributed by atoms with Crippen LogP contribution in [0, 0.1) is 5.82 Å². The molecule has 9 nitrogen and oxygen atoms in total. The number of benzene rings is 2. The maximum absolute atomic E-state index is 14.5. The highest BCUT2D eigenvalue weighted by Crippen LogP contribution is 2.35. The van der Waals surface area contributed by atoms with Crippen LogP contribution in [0.4, 0.5) is 39.4 Å². The molecule has 200 valence electrons. The molecule has 2 aromatic heterocycles. The number of rotatable bonds is 6. The number of ether oxygens (including phenoxy) is 1. The Morgan fingerprint density at radius 2 is 1.92 bits per heavy atom. The normalized spacial score (nSPS) is 13.4. The van der Waals surface area contributed by atoms with Gasteiger partial charge in [-0.15, -0.1) is 0 Å². The van der Waals surface area contributed by atoms with Gasteiger partial charge >= 0.3 is 12.2 Å². The third kappa shape index (κ3) is 6.14. The lowest BCUT2D eigenvalue weighted by atomic mass is 10.1. The Morgan fingerprint density at radius 3 is 2.64 bits per heavy atom. The van der Waals surface area contributed by atoms with Gasteiger partial charge < -0.3 is 20.3 Å². The van der Waals surface area contributed by atoms with E-state index in [1.165, 1.54) is 23.1 Å². The summed E-state index contributed by atoms with van der Waals surface area (Å²) in [7, 11) is 0. The van der Waals surface area contributed by atoms with E-state index in [0.717, 1.165) is 23.8 Å². The molecular weight excluding hydrogens is 520 g/mol. The summed E-state index contributed by atoms with van der Waals surface area (Å²) < 4.78 is 60.7. The number of carbonyl (C=O) groups is 2. The van der Waals surface area contributed by atoms with Gasteiger partial charge in [0.05, 0.1) is 29.7 Å². The molecule has 1 aliphatic heterocycles. The van der Waals surface area contributed by atoms with Crippen molar-refractivity contribution >= 4 is 28.9 Å². The highest BCUT2D eigenvalue weighted by atomic mass is 19.4. The number of amides is 2. The zero-order chi connectivity index (χ0) is 27.6. The van der Waals surface area contributed by atoms with Crippen LogP contribution in [0.15, 0.2) is 67.0 Å². The first-order chi connectivity index (χ1) is 18.6. The molecule has 0 aliphatic carbocycles. The van der Waals surface area contributed by atoms with E-state index < -0.39 is 23.6 Å². The number of alkyl halides is 3. The Bertz CT molecular complexity index is 1520. The van der Waals surface area contributed by atoms with Crippen molar-refractivity contribution in [2.45, 2.75) is 12.6 Å². The lowest BCUT2D eigenvalue weighted by molar-refractivity contribution is -0.137. The largest absolute Gasteiger partial charge is 0.439 e. The summed E-state index contributed by atoms with van der Waals surface area (Å²) in [6.45, 7) is 0.244. The summed E-state index contributed by atoms with van der Waals surface area (Å²) in [4.78, 5) is 30.1. The molecule has 3 N–H and O–H groups in total. The molecule has 1 fully saturated rings. The van der Waals surface area contributed by atoms with Gasteiger partial charge in [0.2, 0.25) is 5.88 Å². The number of aromatic amines is 1. The number of hydrogen-bond donors (Lipinski definition) is 3. The summed E-state index contributed by atoms with van der Waals surface area (Å²) in [5.74, 6) is -0.533. The summed E-state index contributed by atoms with van der Waals surface area (Å²) in [6, 6.07) is 10.7. The number of hydrogen-bond acceptors (Lipinski definition) is 6. The van der Waals surface area contributed by atoms with E-state index in [1.54, 1.807) is 30.6 Å². The van der Waals surface area contributed by atoms with Gasteiger partial charge in [0, 0.05) is 48.2 Å². The van der Waals surface area contributed by atoms with Gasteiger partial charge in [0.25, 0.3) is 0 Å². The zero-order valence-corrected chi connectivity index (χ0v) is 20.1. The van der Waals surface area contributed by atoms with Crippen LogP contribution in [-0.4, -0.2) is 40.1 Å². The van der Waals surface area contributed by atoms with E-state index in [2.05, 4.69) is 25.8 Å². The van der Waals surface area contributed by atoms with Crippen molar-refractivity contribution in [3.8, 4) is 22.9 Å². The molecule has 39 heavy (non-hydrogen) atoms. The van der Waals surface area contributed by atoms with Crippen molar-refractivity contribution in [1.29, 1.82) is 0 Å². The standard InChI is InChI=1S/C26H20F4N6O3/c27-21-5-4-20(39-24-3-1-2-22(34-24)15-12-31-32-13-15)11-23(21)35-25(38)33-17-8-16(26(28,29)30)9-18(10-17)36-7-6-19(37)14-36/h1-5,8-13H,6-7,14H2,(H,31,32)(H2,33,35,38). The Kier molecular flexibility index (Phi) is 6.88. The molecule has 2 aromatic carbocycles. The molecule has 0 atom stereocenters. The van der Waals surface area contributed by atoms with Crippen LogP contribution in [0.5, 0.6) is 11.6 Å². The predicted octanol–water partition coefficient (Wildman–Crippen LogP) is 5.85. The van der Waals surface area contributed by atoms with Crippen molar-refractivity contribution in [2.75, 3.05) is 28.6 Å². The maximum atomic E-state index is 14.5. The number of carbonyl (C=O) groups excluding carboxylic acids is 2. The fourth-order valence-electron chi connectivity index (χ4n) is 3.97. The van der Waals surface area contributed by atoms with Crippen LogP contribution >= 0.6 is 0 Å². The van der Waals surface area contributed by atoms with Gasteiger partial charge in [-0.1, -0.05) is 6.07 Å². The Hall–Kier alpha value is -4.94. The number of aromatic nitrogens is 3. The molecule has 1 aliphatic rings. The van der Waals surface area contributed by atoms with Gasteiger partial charge in [0.15, 0.2) is 5.78 Å². The minimum Gasteiger partial charge on any atom is -0.439 e. The number of nitrogens with zero attached hydrogens (tertiary/aromatic N) is 3. The molecule has 3 heterocycles. The monoisotopic (exact) mass is 540 g/mol. The quantitative estimate of drug-likeness (QED) is 0.265. The van der Waals surface area contributed by atoms with E-state index in [4.69, 9.17) is 4.74 Å². The van der Waals surface area contributed by atoms with Crippen LogP contribution in [0.25, 0.3) is 11.3 Å². The van der Waals surface area contributed by atoms with Crippen molar-refractivity contribution < 1.29 is 31.9 Å². The number of Topliss-reactive ketones (excluding diaryl/α,β-unsaturated/α-hetero) is 1. The number of halogens is 4. The second-order valence-corrected chi connectivity index (χ2v) is 8.65. The first-order valence-electron chi connectivity index (χ1n) is 11.6. The number of pyridine rings is 1. The van der Waals surface area contributed by atoms with E-state index in [9.17, 15) is 27.2 Å². The highest BCUT2D eigenvalue weighted by molar-refractivity contribution is 6.00. The Balaban J connectivity index is 1.32. The summed E-state index contributed by atoms with van der Waals surface area (Å²) >= 11 is 0. The maximum Gasteiger partial charge on any atom is 0.416 e. The molecule has 4 aromatic rings. The van der Waals surface area contributed by atoms with Crippen molar-refractivity contribution in [3.05, 3.63) is 78.4 Å². The molecule has 0 bridgehead atoms. The van der Waals surface area contributed by atoms with Crippen LogP contribution in [0.3, 0.4) is 0 Å². The average molecular weight is 540 g/mol. The second-order valence-electron chi connectivity index (χ2n) is 8.65. The smallest absolute Gasteiger partial charge is 0.416 e. The lowest BCUT2D eigenvalue weighted by Crippen LogP contribution is -2.23. The topological polar surface area (TPSA) is 112 Å². The van der Waals surface area contributed by atoms with Crippen molar-refractivity contribution in [1.82, 2.24) is 15.2 Å². The third-order valence-corrected chi connectivity index (χ3v) is 5.82. The number of nitrogens with one attached hydrogen (secondary N) is 3. The van der Waals surface area contributed by atoms with E-state index in [0.29, 0.717) is 5.69 Å². The zero-order valence-electron chi connectivity index (χ0n) is 20.1. The summed E-state index contributed by atoms with van der Waals surface area (Å²) in [5, 5.41) is 11.1. The van der Waals surface area contributed by atoms with Gasteiger partial charge in [-0.05, 0) is 36.4 Å². The van der Waals surface area contributed by atoms with Crippen LogP contribution in [0.2, 0.25) is 0 Å². The predicted molar refractivity (Wildman–Crippen MR) is 134 cm³/mol. The van der Waals surface area contributed by atoms with Crippen LogP contribution in [-0.2, 0) is 11.0 Å². The molecule has 0 unspecified atom stereocenters.